The molecule has 3 N–H and O–H groups in total. The Morgan fingerprint density at radius 1 is 1.33 bits per heavy atom. The second-order valence-electron chi connectivity index (χ2n) is 4.50. The standard InChI is InChI=1S/C13H24N4O/c1-5-10(6-2)11(18)8-15-12-9(3)7-16-13(14-4)17-12/h7,10-11,18H,5-6,8H2,1-4H3,(H2,14,15,16,17). The highest BCUT2D eigenvalue weighted by molar-refractivity contribution is 5.46. The molecular formula is C13H24N4O. The number of rotatable bonds is 7. The van der Waals surface area contributed by atoms with E-state index in [1.54, 1.807) is 13.2 Å². The van der Waals surface area contributed by atoms with Crippen LogP contribution in [0.1, 0.15) is 32.3 Å². The Morgan fingerprint density at radius 2 is 2.00 bits per heavy atom. The van der Waals surface area contributed by atoms with E-state index in [1.807, 2.05) is 6.92 Å². The smallest absolute Gasteiger partial charge is 0.224 e. The first-order valence-corrected chi connectivity index (χ1v) is 6.55. The van der Waals surface area contributed by atoms with Gasteiger partial charge < -0.3 is 15.7 Å². The highest BCUT2D eigenvalue weighted by atomic mass is 16.3. The Hall–Kier alpha value is -1.36. The van der Waals surface area contributed by atoms with Gasteiger partial charge >= 0.3 is 0 Å². The lowest BCUT2D eigenvalue weighted by Gasteiger charge is -2.21. The van der Waals surface area contributed by atoms with Crippen molar-refractivity contribution in [2.75, 3.05) is 24.2 Å². The minimum Gasteiger partial charge on any atom is -0.391 e. The number of nitrogens with zero attached hydrogens (tertiary/aromatic N) is 2. The average molecular weight is 252 g/mol. The largest absolute Gasteiger partial charge is 0.391 e. The molecule has 0 aliphatic heterocycles. The van der Waals surface area contributed by atoms with Crippen molar-refractivity contribution < 1.29 is 5.11 Å². The maximum absolute atomic E-state index is 10.1. The van der Waals surface area contributed by atoms with Crippen LogP contribution in [-0.4, -0.2) is 34.8 Å². The van der Waals surface area contributed by atoms with Gasteiger partial charge in [0.25, 0.3) is 0 Å². The monoisotopic (exact) mass is 252 g/mol. The molecule has 0 saturated heterocycles. The molecule has 1 unspecified atom stereocenters. The van der Waals surface area contributed by atoms with E-state index < -0.39 is 0 Å². The summed E-state index contributed by atoms with van der Waals surface area (Å²) < 4.78 is 0. The number of hydrogen-bond donors (Lipinski definition) is 3. The summed E-state index contributed by atoms with van der Waals surface area (Å²) in [5, 5.41) is 16.2. The third-order valence-electron chi connectivity index (χ3n) is 3.27. The van der Waals surface area contributed by atoms with Gasteiger partial charge in [0.2, 0.25) is 5.95 Å². The van der Waals surface area contributed by atoms with Gasteiger partial charge in [0, 0.05) is 25.4 Å². The number of anilines is 2. The molecule has 102 valence electrons. The first-order chi connectivity index (χ1) is 8.62. The summed E-state index contributed by atoms with van der Waals surface area (Å²) >= 11 is 0. The van der Waals surface area contributed by atoms with E-state index in [-0.39, 0.29) is 6.10 Å². The molecule has 1 atom stereocenters. The zero-order valence-electron chi connectivity index (χ0n) is 11.7. The summed E-state index contributed by atoms with van der Waals surface area (Å²) in [6.45, 7) is 6.68. The highest BCUT2D eigenvalue weighted by Crippen LogP contribution is 2.16. The fourth-order valence-corrected chi connectivity index (χ4v) is 1.94. The number of aromatic nitrogens is 2. The summed E-state index contributed by atoms with van der Waals surface area (Å²) in [6.07, 6.45) is 3.41. The van der Waals surface area contributed by atoms with Crippen LogP contribution in [0.5, 0.6) is 0 Å². The topological polar surface area (TPSA) is 70.1 Å². The second-order valence-corrected chi connectivity index (χ2v) is 4.50. The molecule has 1 aromatic rings. The van der Waals surface area contributed by atoms with Crippen molar-refractivity contribution in [2.45, 2.75) is 39.7 Å². The van der Waals surface area contributed by atoms with Gasteiger partial charge in [-0.1, -0.05) is 26.7 Å². The van der Waals surface area contributed by atoms with Crippen molar-refractivity contribution in [1.82, 2.24) is 9.97 Å². The van der Waals surface area contributed by atoms with Crippen molar-refractivity contribution in [3.63, 3.8) is 0 Å². The van der Waals surface area contributed by atoms with E-state index in [4.69, 9.17) is 0 Å². The maximum Gasteiger partial charge on any atom is 0.224 e. The second kappa shape index (κ2) is 7.16. The molecule has 1 heterocycles. The Bertz CT molecular complexity index is 366. The number of aliphatic hydroxyl groups is 1. The normalized spacial score (nSPS) is 12.6. The van der Waals surface area contributed by atoms with Crippen LogP contribution < -0.4 is 10.6 Å². The van der Waals surface area contributed by atoms with E-state index in [9.17, 15) is 5.11 Å². The molecule has 0 aromatic carbocycles. The average Bonchev–Trinajstić information content (AvgIpc) is 2.39. The molecule has 0 fully saturated rings. The van der Waals surface area contributed by atoms with E-state index in [1.165, 1.54) is 0 Å². The quantitative estimate of drug-likeness (QED) is 0.692. The summed E-state index contributed by atoms with van der Waals surface area (Å²) in [7, 11) is 1.79. The van der Waals surface area contributed by atoms with Gasteiger partial charge in [-0.05, 0) is 12.8 Å². The Morgan fingerprint density at radius 3 is 2.56 bits per heavy atom. The number of aryl methyl sites for hydroxylation is 1. The van der Waals surface area contributed by atoms with Crippen LogP contribution in [-0.2, 0) is 0 Å². The molecule has 1 rings (SSSR count). The molecule has 5 nitrogen and oxygen atoms in total. The Labute approximate surface area is 109 Å². The Balaban J connectivity index is 2.62. The zero-order valence-corrected chi connectivity index (χ0v) is 11.7. The number of aliphatic hydroxyl groups excluding tert-OH is 1. The van der Waals surface area contributed by atoms with Gasteiger partial charge in [0.15, 0.2) is 0 Å². The summed E-state index contributed by atoms with van der Waals surface area (Å²) in [5.74, 6) is 1.70. The highest BCUT2D eigenvalue weighted by Gasteiger charge is 2.15. The van der Waals surface area contributed by atoms with Gasteiger partial charge in [0.1, 0.15) is 5.82 Å². The molecule has 0 amide bonds. The van der Waals surface area contributed by atoms with Crippen LogP contribution in [0.3, 0.4) is 0 Å². The minimum absolute atomic E-state index is 0.336. The summed E-state index contributed by atoms with van der Waals surface area (Å²) in [4.78, 5) is 8.46. The van der Waals surface area contributed by atoms with Crippen molar-refractivity contribution in [3.05, 3.63) is 11.8 Å². The lowest BCUT2D eigenvalue weighted by Crippen LogP contribution is -2.28. The van der Waals surface area contributed by atoms with Crippen LogP contribution in [0.4, 0.5) is 11.8 Å². The number of hydrogen-bond acceptors (Lipinski definition) is 5. The van der Waals surface area contributed by atoms with E-state index >= 15 is 0 Å². The fourth-order valence-electron chi connectivity index (χ4n) is 1.94. The molecule has 0 bridgehead atoms. The van der Waals surface area contributed by atoms with Gasteiger partial charge in [-0.25, -0.2) is 4.98 Å². The van der Waals surface area contributed by atoms with E-state index in [2.05, 4.69) is 34.4 Å². The van der Waals surface area contributed by atoms with Crippen LogP contribution in [0.25, 0.3) is 0 Å². The summed E-state index contributed by atoms with van der Waals surface area (Å²) in [6, 6.07) is 0. The SMILES string of the molecule is CCC(CC)C(O)CNc1nc(NC)ncc1C. The predicted molar refractivity (Wildman–Crippen MR) is 74.9 cm³/mol. The maximum atomic E-state index is 10.1. The van der Waals surface area contributed by atoms with Crippen molar-refractivity contribution in [3.8, 4) is 0 Å². The molecule has 5 heteroatoms. The third kappa shape index (κ3) is 3.84. The van der Waals surface area contributed by atoms with Crippen LogP contribution in [0, 0.1) is 12.8 Å². The molecule has 1 aromatic heterocycles. The molecule has 0 spiro atoms. The predicted octanol–water partition coefficient (Wildman–Crippen LogP) is 2.04. The van der Waals surface area contributed by atoms with Crippen LogP contribution >= 0.6 is 0 Å². The van der Waals surface area contributed by atoms with Crippen molar-refractivity contribution in [2.24, 2.45) is 5.92 Å². The van der Waals surface area contributed by atoms with Crippen molar-refractivity contribution >= 4 is 11.8 Å². The molecule has 0 saturated carbocycles. The van der Waals surface area contributed by atoms with Crippen molar-refractivity contribution in [1.29, 1.82) is 0 Å². The molecule has 0 radical (unpaired) electrons. The molecular weight excluding hydrogens is 228 g/mol. The van der Waals surface area contributed by atoms with Crippen LogP contribution in [0.15, 0.2) is 6.20 Å². The summed E-state index contributed by atoms with van der Waals surface area (Å²) in [5.41, 5.74) is 0.978. The lowest BCUT2D eigenvalue weighted by atomic mass is 9.96. The van der Waals surface area contributed by atoms with Crippen LogP contribution in [0.2, 0.25) is 0 Å². The fraction of sp³-hybridized carbons (Fsp3) is 0.692. The van der Waals surface area contributed by atoms with Gasteiger partial charge in [-0.15, -0.1) is 0 Å². The zero-order chi connectivity index (χ0) is 13.5. The number of nitrogens with one attached hydrogen (secondary N) is 2. The lowest BCUT2D eigenvalue weighted by molar-refractivity contribution is 0.114. The minimum atomic E-state index is -0.340. The first kappa shape index (κ1) is 14.7. The Kier molecular flexibility index (Phi) is 5.85. The molecule has 0 aliphatic carbocycles. The molecule has 0 aliphatic rings. The van der Waals surface area contributed by atoms with Gasteiger partial charge in [0.05, 0.1) is 6.10 Å². The van der Waals surface area contributed by atoms with Gasteiger partial charge in [-0.3, -0.25) is 0 Å². The van der Waals surface area contributed by atoms with Gasteiger partial charge in [-0.2, -0.15) is 4.98 Å². The third-order valence-corrected chi connectivity index (χ3v) is 3.27. The van der Waals surface area contributed by atoms with E-state index in [0.717, 1.165) is 24.2 Å². The first-order valence-electron chi connectivity index (χ1n) is 6.55. The molecule has 18 heavy (non-hydrogen) atoms. The van der Waals surface area contributed by atoms with E-state index in [0.29, 0.717) is 18.4 Å².